The molecule has 5 rings (SSSR count). The molecule has 0 aliphatic carbocycles. The number of nitriles is 1. The second-order valence-electron chi connectivity index (χ2n) is 11.6. The first kappa shape index (κ1) is 36.3. The van der Waals surface area contributed by atoms with E-state index in [0.717, 1.165) is 22.0 Å². The first-order chi connectivity index (χ1) is 22.7. The number of aryl methyl sites for hydroxylation is 1. The van der Waals surface area contributed by atoms with Crippen LogP contribution in [0.5, 0.6) is 0 Å². The van der Waals surface area contributed by atoms with Crippen molar-refractivity contribution in [3.8, 4) is 6.07 Å². The summed E-state index contributed by atoms with van der Waals surface area (Å²) in [4.78, 5) is 60.2. The number of aromatic nitrogens is 2. The van der Waals surface area contributed by atoms with Crippen LogP contribution in [-0.2, 0) is 32.9 Å². The summed E-state index contributed by atoms with van der Waals surface area (Å²) in [7, 11) is 0. The molecular weight excluding hydrogens is 623 g/mol. The number of nitrogens with zero attached hydrogens (tertiary/aromatic N) is 5. The Bertz CT molecular complexity index is 1840. The average Bonchev–Trinajstić information content (AvgIpc) is 3.59. The third kappa shape index (κ3) is 7.60. The SMILES string of the molecule is CSCCC(NC(=O)CN1C(=O)N(CCCc2cncn2Cc2ccc(C#N)cc2)C(=O)C1(C)c1cccc2ccccc12)C(=O)O.[LiH]. The summed E-state index contributed by atoms with van der Waals surface area (Å²) in [5.41, 5.74) is 1.59. The van der Waals surface area contributed by atoms with Crippen molar-refractivity contribution in [3.05, 3.63) is 102 Å². The van der Waals surface area contributed by atoms with E-state index in [1.165, 1.54) is 21.6 Å². The normalized spacial score (nSPS) is 16.4. The van der Waals surface area contributed by atoms with Crippen molar-refractivity contribution in [3.63, 3.8) is 0 Å². The molecule has 1 aliphatic rings. The third-order valence-electron chi connectivity index (χ3n) is 8.57. The van der Waals surface area contributed by atoms with Crippen LogP contribution in [0, 0.1) is 11.3 Å². The number of carboxylic acids is 1. The zero-order valence-electron chi connectivity index (χ0n) is 26.3. The van der Waals surface area contributed by atoms with Crippen molar-refractivity contribution in [2.45, 2.75) is 44.3 Å². The second kappa shape index (κ2) is 16.0. The Morgan fingerprint density at radius 1 is 1.08 bits per heavy atom. The van der Waals surface area contributed by atoms with Crippen molar-refractivity contribution in [1.82, 2.24) is 24.7 Å². The van der Waals surface area contributed by atoms with Gasteiger partial charge in [0.25, 0.3) is 5.91 Å². The number of nitrogens with one attached hydrogen (secondary N) is 1. The van der Waals surface area contributed by atoms with Crippen LogP contribution < -0.4 is 5.32 Å². The number of urea groups is 1. The van der Waals surface area contributed by atoms with Gasteiger partial charge in [-0.1, -0.05) is 54.6 Å². The number of aliphatic carboxylic acids is 1. The number of carboxylic acid groups (broad SMARTS) is 1. The standard InChI is InChI=1S/C35H36N6O5S.Li.H/c1-35(29-11-5-8-26-7-3-4-10-28(26)29)33(45)40(34(46)41(35)22-31(42)38-30(32(43)44)16-18-47-2)17-6-9-27-20-37-23-39(27)21-25-14-12-24(19-36)13-15-25;;/h3-5,7-8,10-15,20,23,30H,6,9,16-18,21-22H2,1-2H3,(H,38,42)(H,43,44);;. The zero-order chi connectivity index (χ0) is 33.6. The molecule has 3 aromatic carbocycles. The Morgan fingerprint density at radius 2 is 1.81 bits per heavy atom. The molecule has 0 bridgehead atoms. The van der Waals surface area contributed by atoms with Gasteiger partial charge >= 0.3 is 30.9 Å². The molecule has 4 aromatic rings. The Hall–Kier alpha value is -4.55. The molecule has 1 aliphatic heterocycles. The van der Waals surface area contributed by atoms with Gasteiger partial charge in [0.05, 0.1) is 18.0 Å². The van der Waals surface area contributed by atoms with E-state index in [1.807, 2.05) is 59.4 Å². The van der Waals surface area contributed by atoms with Crippen molar-refractivity contribution >= 4 is 65.2 Å². The summed E-state index contributed by atoms with van der Waals surface area (Å²) in [6.07, 6.45) is 6.55. The van der Waals surface area contributed by atoms with Crippen LogP contribution in [0.2, 0.25) is 0 Å². The molecule has 11 nitrogen and oxygen atoms in total. The number of hydrogen-bond acceptors (Lipinski definition) is 7. The second-order valence-corrected chi connectivity index (χ2v) is 12.6. The fourth-order valence-corrected chi connectivity index (χ4v) is 6.48. The van der Waals surface area contributed by atoms with Crippen molar-refractivity contribution in [2.75, 3.05) is 25.1 Å². The fourth-order valence-electron chi connectivity index (χ4n) is 6.01. The molecule has 2 unspecified atom stereocenters. The van der Waals surface area contributed by atoms with Crippen LogP contribution in [0.1, 0.15) is 42.1 Å². The van der Waals surface area contributed by atoms with Crippen molar-refractivity contribution in [1.29, 1.82) is 5.26 Å². The van der Waals surface area contributed by atoms with E-state index in [-0.39, 0.29) is 31.8 Å². The molecule has 13 heteroatoms. The summed E-state index contributed by atoms with van der Waals surface area (Å²) in [5.74, 6) is -1.73. The Balaban J connectivity index is 0.00000520. The van der Waals surface area contributed by atoms with Crippen LogP contribution in [0.15, 0.2) is 79.3 Å². The number of amides is 4. The van der Waals surface area contributed by atoms with Gasteiger partial charge < -0.3 is 15.0 Å². The minimum absolute atomic E-state index is 0. The molecule has 4 amide bonds. The summed E-state index contributed by atoms with van der Waals surface area (Å²) in [5, 5.41) is 22.9. The van der Waals surface area contributed by atoms with Crippen LogP contribution in [-0.4, -0.2) is 98.3 Å². The quantitative estimate of drug-likeness (QED) is 0.154. The van der Waals surface area contributed by atoms with Crippen LogP contribution in [0.4, 0.5) is 4.79 Å². The predicted molar refractivity (Wildman–Crippen MR) is 186 cm³/mol. The number of rotatable bonds is 14. The molecule has 0 spiro atoms. The van der Waals surface area contributed by atoms with E-state index >= 15 is 0 Å². The monoisotopic (exact) mass is 660 g/mol. The molecule has 0 saturated carbocycles. The number of thioether (sulfide) groups is 1. The number of hydrogen-bond donors (Lipinski definition) is 2. The Labute approximate surface area is 295 Å². The number of carbonyl (C=O) groups excluding carboxylic acids is 3. The molecule has 244 valence electrons. The van der Waals surface area contributed by atoms with Crippen molar-refractivity contribution in [2.24, 2.45) is 0 Å². The summed E-state index contributed by atoms with van der Waals surface area (Å²) in [6, 6.07) is 20.8. The van der Waals surface area contributed by atoms with E-state index in [4.69, 9.17) is 5.26 Å². The van der Waals surface area contributed by atoms with Crippen LogP contribution in [0.25, 0.3) is 10.8 Å². The number of imide groups is 1. The van der Waals surface area contributed by atoms with E-state index in [1.54, 1.807) is 37.6 Å². The molecule has 2 N–H and O–H groups in total. The third-order valence-corrected chi connectivity index (χ3v) is 9.22. The van der Waals surface area contributed by atoms with Gasteiger partial charge in [-0.2, -0.15) is 17.0 Å². The van der Waals surface area contributed by atoms with Gasteiger partial charge in [0.2, 0.25) is 5.91 Å². The number of imidazole rings is 1. The number of fused-ring (bicyclic) bond motifs is 1. The number of benzene rings is 3. The average molecular weight is 661 g/mol. The van der Waals surface area contributed by atoms with Gasteiger partial charge in [0.15, 0.2) is 0 Å². The summed E-state index contributed by atoms with van der Waals surface area (Å²) in [6.45, 7) is 1.83. The van der Waals surface area contributed by atoms with Gasteiger partial charge in [0, 0.05) is 25.0 Å². The minimum atomic E-state index is -1.51. The zero-order valence-corrected chi connectivity index (χ0v) is 27.1. The summed E-state index contributed by atoms with van der Waals surface area (Å²) < 4.78 is 1.99. The van der Waals surface area contributed by atoms with Gasteiger partial charge in [0.1, 0.15) is 18.1 Å². The first-order valence-corrected chi connectivity index (χ1v) is 16.7. The number of carbonyl (C=O) groups is 4. The van der Waals surface area contributed by atoms with Crippen molar-refractivity contribution < 1.29 is 24.3 Å². The fraction of sp³-hybridized carbons (Fsp3) is 0.314. The van der Waals surface area contributed by atoms with Gasteiger partial charge in [-0.05, 0) is 72.2 Å². The molecule has 1 saturated heterocycles. The Morgan fingerprint density at radius 3 is 2.52 bits per heavy atom. The van der Waals surface area contributed by atoms with E-state index < -0.39 is 41.9 Å². The molecule has 1 fully saturated rings. The maximum absolute atomic E-state index is 14.3. The van der Waals surface area contributed by atoms with E-state index in [9.17, 15) is 24.3 Å². The molecule has 2 atom stereocenters. The maximum atomic E-state index is 14.3. The van der Waals surface area contributed by atoms with Gasteiger partial charge in [-0.3, -0.25) is 19.4 Å². The molecule has 1 aromatic heterocycles. The molecular formula is C35H37LiN6O5S. The first-order valence-electron chi connectivity index (χ1n) is 15.3. The predicted octanol–water partition coefficient (Wildman–Crippen LogP) is 3.74. The Kier molecular flexibility index (Phi) is 12.1. The van der Waals surface area contributed by atoms with E-state index in [0.29, 0.717) is 36.3 Å². The topological polar surface area (TPSA) is 149 Å². The van der Waals surface area contributed by atoms with Gasteiger partial charge in [-0.15, -0.1) is 0 Å². The van der Waals surface area contributed by atoms with Crippen LogP contribution >= 0.6 is 11.8 Å². The van der Waals surface area contributed by atoms with Crippen LogP contribution in [0.3, 0.4) is 0 Å². The molecule has 48 heavy (non-hydrogen) atoms. The van der Waals surface area contributed by atoms with Gasteiger partial charge in [-0.25, -0.2) is 14.6 Å². The molecule has 0 radical (unpaired) electrons. The van der Waals surface area contributed by atoms with E-state index in [2.05, 4.69) is 16.4 Å². The summed E-state index contributed by atoms with van der Waals surface area (Å²) >= 11 is 1.47. The molecule has 2 heterocycles.